The highest BCUT2D eigenvalue weighted by Gasteiger charge is 2.62. The van der Waals surface area contributed by atoms with E-state index < -0.39 is 0 Å². The molecule has 4 heteroatoms. The highest BCUT2D eigenvalue weighted by Crippen LogP contribution is 2.64. The lowest BCUT2D eigenvalue weighted by Crippen LogP contribution is -2.57. The van der Waals surface area contributed by atoms with Gasteiger partial charge in [-0.3, -0.25) is 9.59 Å². The van der Waals surface area contributed by atoms with Crippen LogP contribution in [0.25, 0.3) is 0 Å². The molecule has 23 heavy (non-hydrogen) atoms. The Kier molecular flexibility index (Phi) is 3.27. The van der Waals surface area contributed by atoms with Crippen molar-refractivity contribution in [1.29, 1.82) is 0 Å². The number of fused-ring (bicyclic) bond motifs is 5. The SMILES string of the molecule is C[C@]12CCC(=O)CC1C/C(=N\O)[C@@H]1[C@H]2CC[C@]2(C)C(=O)CC[C@@H]12. The maximum atomic E-state index is 12.5. The third-order valence-electron chi connectivity index (χ3n) is 8.14. The van der Waals surface area contributed by atoms with E-state index in [1.807, 2.05) is 0 Å². The average molecular weight is 317 g/mol. The lowest BCUT2D eigenvalue weighted by molar-refractivity contribution is -0.135. The second-order valence-electron chi connectivity index (χ2n) is 8.90. The lowest BCUT2D eigenvalue weighted by atomic mass is 9.45. The normalized spacial score (nSPS) is 51.3. The van der Waals surface area contributed by atoms with Crippen LogP contribution in [-0.2, 0) is 9.59 Å². The zero-order chi connectivity index (χ0) is 16.4. The van der Waals surface area contributed by atoms with Gasteiger partial charge in [-0.1, -0.05) is 19.0 Å². The zero-order valence-electron chi connectivity index (χ0n) is 14.2. The summed E-state index contributed by atoms with van der Waals surface area (Å²) in [6, 6.07) is 0. The molecule has 0 saturated heterocycles. The van der Waals surface area contributed by atoms with Gasteiger partial charge < -0.3 is 5.21 Å². The van der Waals surface area contributed by atoms with Crippen LogP contribution in [0.4, 0.5) is 0 Å². The number of oxime groups is 1. The van der Waals surface area contributed by atoms with Gasteiger partial charge >= 0.3 is 0 Å². The fraction of sp³-hybridized carbons (Fsp3) is 0.842. The van der Waals surface area contributed by atoms with Crippen molar-refractivity contribution in [3.05, 3.63) is 0 Å². The molecule has 4 aliphatic rings. The largest absolute Gasteiger partial charge is 0.411 e. The molecule has 6 atom stereocenters. The summed E-state index contributed by atoms with van der Waals surface area (Å²) < 4.78 is 0. The molecule has 0 amide bonds. The molecule has 0 bridgehead atoms. The van der Waals surface area contributed by atoms with Gasteiger partial charge in [0.1, 0.15) is 11.6 Å². The first kappa shape index (κ1) is 15.3. The minimum atomic E-state index is -0.217. The fourth-order valence-corrected chi connectivity index (χ4v) is 6.63. The summed E-state index contributed by atoms with van der Waals surface area (Å²) in [5.41, 5.74) is 0.822. The van der Waals surface area contributed by atoms with Crippen molar-refractivity contribution in [2.24, 2.45) is 39.7 Å². The quantitative estimate of drug-likeness (QED) is 0.548. The molecule has 0 spiro atoms. The number of Topliss-reactive ketones (excluding diaryl/α,β-unsaturated/α-hetero) is 2. The number of carbonyl (C=O) groups is 2. The molecule has 1 N–H and O–H groups in total. The van der Waals surface area contributed by atoms with Gasteiger partial charge in [0.25, 0.3) is 0 Å². The Morgan fingerprint density at radius 1 is 1.04 bits per heavy atom. The van der Waals surface area contributed by atoms with Crippen LogP contribution in [0, 0.1) is 34.5 Å². The van der Waals surface area contributed by atoms with E-state index in [1.165, 1.54) is 0 Å². The van der Waals surface area contributed by atoms with E-state index in [9.17, 15) is 14.8 Å². The summed E-state index contributed by atoms with van der Waals surface area (Å²) in [4.78, 5) is 24.4. The Labute approximate surface area is 137 Å². The molecule has 0 aromatic carbocycles. The summed E-state index contributed by atoms with van der Waals surface area (Å²) in [6.07, 6.45) is 6.66. The monoisotopic (exact) mass is 317 g/mol. The van der Waals surface area contributed by atoms with Gasteiger partial charge in [-0.2, -0.15) is 0 Å². The first-order valence-corrected chi connectivity index (χ1v) is 9.16. The topological polar surface area (TPSA) is 66.7 Å². The molecule has 1 unspecified atom stereocenters. The molecule has 0 aromatic heterocycles. The minimum absolute atomic E-state index is 0.166. The Morgan fingerprint density at radius 3 is 2.57 bits per heavy atom. The van der Waals surface area contributed by atoms with Crippen molar-refractivity contribution >= 4 is 17.3 Å². The summed E-state index contributed by atoms with van der Waals surface area (Å²) in [6.45, 7) is 4.49. The number of ketones is 2. The van der Waals surface area contributed by atoms with Crippen molar-refractivity contribution in [3.63, 3.8) is 0 Å². The average Bonchev–Trinajstić information content (AvgIpc) is 2.83. The Balaban J connectivity index is 1.75. The first-order valence-electron chi connectivity index (χ1n) is 9.16. The standard InChI is InChI=1S/C19H27NO3/c1-18-7-5-12(21)9-11(18)10-15(20-23)17-13-3-4-16(22)19(13,2)8-6-14(17)18/h11,13-14,17,23H,3-10H2,1-2H3/b20-15+/t11?,13-,14+,17-,18-,19-/m0/s1. The molecule has 126 valence electrons. The summed E-state index contributed by atoms with van der Waals surface area (Å²) in [5, 5.41) is 13.3. The number of nitrogens with zero attached hydrogens (tertiary/aromatic N) is 1. The van der Waals surface area contributed by atoms with Crippen molar-refractivity contribution in [1.82, 2.24) is 0 Å². The van der Waals surface area contributed by atoms with E-state index in [-0.39, 0.29) is 16.7 Å². The van der Waals surface area contributed by atoms with Gasteiger partial charge in [0, 0.05) is 30.6 Å². The molecule has 0 heterocycles. The van der Waals surface area contributed by atoms with Crippen LogP contribution in [0.3, 0.4) is 0 Å². The van der Waals surface area contributed by atoms with Crippen LogP contribution < -0.4 is 0 Å². The van der Waals surface area contributed by atoms with E-state index in [0.717, 1.165) is 37.8 Å². The molecule has 4 nitrogen and oxygen atoms in total. The van der Waals surface area contributed by atoms with Crippen LogP contribution >= 0.6 is 0 Å². The van der Waals surface area contributed by atoms with E-state index in [2.05, 4.69) is 19.0 Å². The predicted octanol–water partition coefficient (Wildman–Crippen LogP) is 3.61. The molecule has 4 aliphatic carbocycles. The van der Waals surface area contributed by atoms with E-state index in [0.29, 0.717) is 48.6 Å². The van der Waals surface area contributed by atoms with Crippen molar-refractivity contribution in [3.8, 4) is 0 Å². The van der Waals surface area contributed by atoms with Gasteiger partial charge in [-0.25, -0.2) is 0 Å². The number of carbonyl (C=O) groups excluding carboxylic acids is 2. The highest BCUT2D eigenvalue weighted by atomic mass is 16.4. The third-order valence-corrected chi connectivity index (χ3v) is 8.14. The van der Waals surface area contributed by atoms with Crippen molar-refractivity contribution < 1.29 is 14.8 Å². The predicted molar refractivity (Wildman–Crippen MR) is 86.3 cm³/mol. The summed E-state index contributed by atoms with van der Waals surface area (Å²) in [7, 11) is 0. The van der Waals surface area contributed by atoms with Gasteiger partial charge in [-0.15, -0.1) is 0 Å². The Hall–Kier alpha value is -1.19. The molecule has 4 rings (SSSR count). The van der Waals surface area contributed by atoms with Crippen LogP contribution in [0.15, 0.2) is 5.16 Å². The smallest absolute Gasteiger partial charge is 0.139 e. The Morgan fingerprint density at radius 2 is 1.83 bits per heavy atom. The Bertz CT molecular complexity index is 597. The third kappa shape index (κ3) is 1.93. The highest BCUT2D eigenvalue weighted by molar-refractivity contribution is 5.93. The molecule has 0 aromatic rings. The number of hydrogen-bond donors (Lipinski definition) is 1. The van der Waals surface area contributed by atoms with Gasteiger partial charge in [-0.05, 0) is 55.3 Å². The van der Waals surface area contributed by atoms with Gasteiger partial charge in [0.15, 0.2) is 0 Å². The number of rotatable bonds is 0. The minimum Gasteiger partial charge on any atom is -0.411 e. The number of hydrogen-bond acceptors (Lipinski definition) is 4. The molecular weight excluding hydrogens is 290 g/mol. The molecule has 0 radical (unpaired) electrons. The van der Waals surface area contributed by atoms with Crippen molar-refractivity contribution in [2.45, 2.75) is 65.2 Å². The summed E-state index contributed by atoms with van der Waals surface area (Å²) >= 11 is 0. The van der Waals surface area contributed by atoms with Crippen LogP contribution in [0.5, 0.6) is 0 Å². The van der Waals surface area contributed by atoms with E-state index >= 15 is 0 Å². The second kappa shape index (κ2) is 4.90. The van der Waals surface area contributed by atoms with Crippen LogP contribution in [0.2, 0.25) is 0 Å². The maximum absolute atomic E-state index is 12.5. The zero-order valence-corrected chi connectivity index (χ0v) is 14.2. The maximum Gasteiger partial charge on any atom is 0.139 e. The van der Waals surface area contributed by atoms with Crippen LogP contribution in [-0.4, -0.2) is 22.5 Å². The van der Waals surface area contributed by atoms with E-state index in [1.54, 1.807) is 0 Å². The molecular formula is C19H27NO3. The summed E-state index contributed by atoms with van der Waals surface area (Å²) in [5.74, 6) is 2.11. The lowest BCUT2D eigenvalue weighted by Gasteiger charge is -2.59. The second-order valence-corrected chi connectivity index (χ2v) is 8.90. The molecule has 4 saturated carbocycles. The van der Waals surface area contributed by atoms with Gasteiger partial charge in [0.2, 0.25) is 0 Å². The molecule has 4 fully saturated rings. The van der Waals surface area contributed by atoms with E-state index in [4.69, 9.17) is 0 Å². The first-order chi connectivity index (χ1) is 10.9. The molecule has 0 aliphatic heterocycles. The van der Waals surface area contributed by atoms with Crippen LogP contribution in [0.1, 0.15) is 65.2 Å². The van der Waals surface area contributed by atoms with Crippen molar-refractivity contribution in [2.75, 3.05) is 0 Å². The fourth-order valence-electron chi connectivity index (χ4n) is 6.63. The van der Waals surface area contributed by atoms with Gasteiger partial charge in [0.05, 0.1) is 5.71 Å².